The van der Waals surface area contributed by atoms with Crippen molar-refractivity contribution in [3.8, 4) is 0 Å². The van der Waals surface area contributed by atoms with Gasteiger partial charge in [0, 0.05) is 17.9 Å². The van der Waals surface area contributed by atoms with Gasteiger partial charge in [0.15, 0.2) is 5.11 Å². The third-order valence-corrected chi connectivity index (χ3v) is 2.42. The zero-order chi connectivity index (χ0) is 13.1. The normalized spacial score (nSPS) is 10.9. The van der Waals surface area contributed by atoms with E-state index in [0.717, 1.165) is 0 Å². The first-order chi connectivity index (χ1) is 7.79. The number of nitrogens with one attached hydrogen (secondary N) is 3. The number of hydrazine groups is 1. The molecule has 0 aliphatic heterocycles. The zero-order valence-corrected chi connectivity index (χ0v) is 12.1. The summed E-state index contributed by atoms with van der Waals surface area (Å²) in [5.41, 5.74) is 6.09. The van der Waals surface area contributed by atoms with Gasteiger partial charge in [-0.25, -0.2) is 0 Å². The highest BCUT2D eigenvalue weighted by molar-refractivity contribution is 7.80. The highest BCUT2D eigenvalue weighted by Crippen LogP contribution is 2.27. The molecule has 0 atom stereocenters. The maximum absolute atomic E-state index is 5.93. The molecule has 7 heteroatoms. The van der Waals surface area contributed by atoms with Gasteiger partial charge in [0.05, 0.1) is 15.7 Å². The first-order valence-electron chi connectivity index (χ1n) is 4.93. The molecule has 0 aromatic carbocycles. The molecular formula is C10H14Cl2N4S. The minimum absolute atomic E-state index is 0.113. The van der Waals surface area contributed by atoms with Crippen LogP contribution in [-0.4, -0.2) is 15.6 Å². The number of nitrogens with zero attached hydrogens (tertiary/aromatic N) is 1. The summed E-state index contributed by atoms with van der Waals surface area (Å²) in [5.74, 6) is 0. The topological polar surface area (TPSA) is 49.0 Å². The quantitative estimate of drug-likeness (QED) is 0.578. The molecular weight excluding hydrogens is 279 g/mol. The Morgan fingerprint density at radius 1 is 1.24 bits per heavy atom. The van der Waals surface area contributed by atoms with Gasteiger partial charge in [0.1, 0.15) is 0 Å². The second kappa shape index (κ2) is 5.71. The van der Waals surface area contributed by atoms with Gasteiger partial charge in [-0.05, 0) is 33.0 Å². The van der Waals surface area contributed by atoms with Gasteiger partial charge in [-0.15, -0.1) is 0 Å². The highest BCUT2D eigenvalue weighted by Gasteiger charge is 2.11. The number of aromatic nitrogens is 1. The third kappa shape index (κ3) is 4.93. The molecule has 0 unspecified atom stereocenters. The largest absolute Gasteiger partial charge is 0.357 e. The maximum Gasteiger partial charge on any atom is 0.185 e. The van der Waals surface area contributed by atoms with E-state index >= 15 is 0 Å². The molecule has 1 aromatic rings. The van der Waals surface area contributed by atoms with Gasteiger partial charge in [-0.2, -0.15) is 0 Å². The van der Waals surface area contributed by atoms with Gasteiger partial charge >= 0.3 is 0 Å². The summed E-state index contributed by atoms with van der Waals surface area (Å²) in [5, 5.41) is 4.38. The Morgan fingerprint density at radius 3 is 2.24 bits per heavy atom. The smallest absolute Gasteiger partial charge is 0.185 e. The molecule has 4 nitrogen and oxygen atoms in total. The molecule has 3 N–H and O–H groups in total. The van der Waals surface area contributed by atoms with Gasteiger partial charge in [0.2, 0.25) is 0 Å². The standard InChI is InChI=1S/C10H14Cl2N4S/c1-10(2,3)14-9(17)16-15-8-6(11)4-13-5-7(8)12/h4-5H,1-3H3,(H,13,15)(H2,14,16,17). The van der Waals surface area contributed by atoms with Crippen molar-refractivity contribution in [3.63, 3.8) is 0 Å². The van der Waals surface area contributed by atoms with Crippen LogP contribution in [0.5, 0.6) is 0 Å². The lowest BCUT2D eigenvalue weighted by atomic mass is 10.1. The predicted octanol–water partition coefficient (Wildman–Crippen LogP) is 2.98. The van der Waals surface area contributed by atoms with Crippen LogP contribution in [0.15, 0.2) is 12.4 Å². The minimum Gasteiger partial charge on any atom is -0.357 e. The van der Waals surface area contributed by atoms with E-state index in [1.807, 2.05) is 20.8 Å². The van der Waals surface area contributed by atoms with E-state index in [-0.39, 0.29) is 5.54 Å². The molecule has 0 aliphatic carbocycles. The number of anilines is 1. The zero-order valence-electron chi connectivity index (χ0n) is 9.77. The van der Waals surface area contributed by atoms with Crippen LogP contribution >= 0.6 is 35.4 Å². The number of rotatable bonds is 2. The average Bonchev–Trinajstić information content (AvgIpc) is 2.14. The van der Waals surface area contributed by atoms with Crippen LogP contribution in [-0.2, 0) is 0 Å². The molecule has 0 saturated heterocycles. The fourth-order valence-corrected chi connectivity index (χ4v) is 1.84. The molecule has 0 radical (unpaired) electrons. The van der Waals surface area contributed by atoms with Crippen molar-refractivity contribution in [3.05, 3.63) is 22.4 Å². The monoisotopic (exact) mass is 292 g/mol. The number of hydrogen-bond donors (Lipinski definition) is 3. The van der Waals surface area contributed by atoms with Crippen LogP contribution in [0.1, 0.15) is 20.8 Å². The van der Waals surface area contributed by atoms with Crippen molar-refractivity contribution in [2.75, 3.05) is 5.43 Å². The number of halogens is 2. The van der Waals surface area contributed by atoms with Crippen LogP contribution in [0.4, 0.5) is 5.69 Å². The average molecular weight is 293 g/mol. The molecule has 17 heavy (non-hydrogen) atoms. The van der Waals surface area contributed by atoms with Crippen LogP contribution in [0.3, 0.4) is 0 Å². The fraction of sp³-hybridized carbons (Fsp3) is 0.400. The SMILES string of the molecule is CC(C)(C)NC(=S)NNc1c(Cl)cncc1Cl. The van der Waals surface area contributed by atoms with E-state index in [4.69, 9.17) is 35.4 Å². The Balaban J connectivity index is 2.59. The van der Waals surface area contributed by atoms with Crippen LogP contribution in [0.2, 0.25) is 10.0 Å². The summed E-state index contributed by atoms with van der Waals surface area (Å²) in [6, 6.07) is 0. The van der Waals surface area contributed by atoms with Crippen molar-refractivity contribution in [1.29, 1.82) is 0 Å². The minimum atomic E-state index is -0.113. The van der Waals surface area contributed by atoms with Crippen LogP contribution in [0.25, 0.3) is 0 Å². The maximum atomic E-state index is 5.93. The molecule has 0 bridgehead atoms. The Kier molecular flexibility index (Phi) is 4.80. The van der Waals surface area contributed by atoms with E-state index in [2.05, 4.69) is 21.2 Å². The highest BCUT2D eigenvalue weighted by atomic mass is 35.5. The van der Waals surface area contributed by atoms with Crippen LogP contribution < -0.4 is 16.2 Å². The predicted molar refractivity (Wildman–Crippen MR) is 76.5 cm³/mol. The third-order valence-electron chi connectivity index (χ3n) is 1.64. The van der Waals surface area contributed by atoms with E-state index < -0.39 is 0 Å². The Morgan fingerprint density at radius 2 is 1.76 bits per heavy atom. The molecule has 94 valence electrons. The van der Waals surface area contributed by atoms with Crippen molar-refractivity contribution in [2.45, 2.75) is 26.3 Å². The van der Waals surface area contributed by atoms with Crippen molar-refractivity contribution >= 4 is 46.2 Å². The van der Waals surface area contributed by atoms with Crippen molar-refractivity contribution in [1.82, 2.24) is 15.7 Å². The second-order valence-corrected chi connectivity index (χ2v) is 5.65. The summed E-state index contributed by atoms with van der Waals surface area (Å²) < 4.78 is 0. The van der Waals surface area contributed by atoms with Gasteiger partial charge in [-0.1, -0.05) is 23.2 Å². The fourth-order valence-electron chi connectivity index (χ4n) is 1.02. The summed E-state index contributed by atoms with van der Waals surface area (Å²) in [6.07, 6.45) is 3.00. The molecule has 0 aliphatic rings. The molecule has 1 heterocycles. The summed E-state index contributed by atoms with van der Waals surface area (Å²) in [6.45, 7) is 6.02. The molecule has 0 spiro atoms. The molecule has 0 amide bonds. The Bertz CT molecular complexity index is 397. The van der Waals surface area contributed by atoms with Gasteiger partial charge in [-0.3, -0.25) is 15.8 Å². The van der Waals surface area contributed by atoms with E-state index in [1.54, 1.807) is 0 Å². The Labute approximate surface area is 116 Å². The summed E-state index contributed by atoms with van der Waals surface area (Å²) >= 11 is 17.0. The molecule has 0 fully saturated rings. The van der Waals surface area contributed by atoms with E-state index in [1.165, 1.54) is 12.4 Å². The molecule has 1 rings (SSSR count). The lowest BCUT2D eigenvalue weighted by Gasteiger charge is -2.23. The summed E-state index contributed by atoms with van der Waals surface area (Å²) in [7, 11) is 0. The molecule has 1 aromatic heterocycles. The van der Waals surface area contributed by atoms with E-state index in [9.17, 15) is 0 Å². The second-order valence-electron chi connectivity index (χ2n) is 4.43. The number of thiocarbonyl (C=S) groups is 1. The van der Waals surface area contributed by atoms with E-state index in [0.29, 0.717) is 20.8 Å². The first-order valence-corrected chi connectivity index (χ1v) is 6.09. The first kappa shape index (κ1) is 14.3. The van der Waals surface area contributed by atoms with Crippen molar-refractivity contribution < 1.29 is 0 Å². The van der Waals surface area contributed by atoms with Gasteiger partial charge in [0.25, 0.3) is 0 Å². The number of hydrogen-bond acceptors (Lipinski definition) is 3. The lowest BCUT2D eigenvalue weighted by molar-refractivity contribution is 0.509. The van der Waals surface area contributed by atoms with Crippen molar-refractivity contribution in [2.24, 2.45) is 0 Å². The molecule has 0 saturated carbocycles. The lowest BCUT2D eigenvalue weighted by Crippen LogP contribution is -2.48. The Hall–Kier alpha value is -0.780. The summed E-state index contributed by atoms with van der Waals surface area (Å²) in [4.78, 5) is 3.85. The number of pyridine rings is 1. The van der Waals surface area contributed by atoms with Gasteiger partial charge < -0.3 is 5.32 Å². The van der Waals surface area contributed by atoms with Crippen LogP contribution in [0, 0.1) is 0 Å².